The minimum atomic E-state index is -3.64. The minimum absolute atomic E-state index is 0.0686. The maximum absolute atomic E-state index is 12.5. The van der Waals surface area contributed by atoms with Crippen LogP contribution in [0, 0.1) is 18.8 Å². The molecule has 0 radical (unpaired) electrons. The number of thiophene rings is 1. The number of carbonyl (C=O) groups excluding carboxylic acids is 2. The number of imide groups is 1. The van der Waals surface area contributed by atoms with Crippen LogP contribution in [-0.4, -0.2) is 37.6 Å². The number of nitrogens with one attached hydrogen (secondary N) is 1. The van der Waals surface area contributed by atoms with Gasteiger partial charge in [0, 0.05) is 13.1 Å². The standard InChI is InChI=1S/C11H11BrN2O4S2/c1-5-2-8(19-9(5)12)20(17,18)14-3-6-7(4-14)11(16)13-10(6)15/h2,6-7H,3-4H2,1H3,(H,13,15,16)/t6-,7+. The SMILES string of the molecule is Cc1cc(S(=O)(=O)N2C[C@@H]3C(=O)NC(=O)[C@@H]3C2)sc1Br. The second kappa shape index (κ2) is 4.62. The highest BCUT2D eigenvalue weighted by Crippen LogP contribution is 2.36. The molecule has 0 saturated carbocycles. The van der Waals surface area contributed by atoms with Crippen LogP contribution in [-0.2, 0) is 19.6 Å². The van der Waals surface area contributed by atoms with Crippen LogP contribution in [0.25, 0.3) is 0 Å². The summed E-state index contributed by atoms with van der Waals surface area (Å²) in [5.41, 5.74) is 0.849. The largest absolute Gasteiger partial charge is 0.296 e. The Morgan fingerprint density at radius 1 is 1.30 bits per heavy atom. The number of fused-ring (bicyclic) bond motifs is 1. The van der Waals surface area contributed by atoms with Gasteiger partial charge in [-0.05, 0) is 34.5 Å². The predicted molar refractivity (Wildman–Crippen MR) is 75.6 cm³/mol. The first-order valence-corrected chi connectivity index (χ1v) is 8.96. The highest BCUT2D eigenvalue weighted by molar-refractivity contribution is 9.11. The number of hydrogen-bond acceptors (Lipinski definition) is 5. The molecule has 1 aromatic heterocycles. The Labute approximate surface area is 128 Å². The van der Waals surface area contributed by atoms with E-state index in [1.165, 1.54) is 4.31 Å². The summed E-state index contributed by atoms with van der Waals surface area (Å²) >= 11 is 4.44. The van der Waals surface area contributed by atoms with Gasteiger partial charge in [0.05, 0.1) is 15.6 Å². The average Bonchev–Trinajstić information content (AvgIpc) is 3.00. The molecule has 0 spiro atoms. The average molecular weight is 379 g/mol. The Bertz CT molecular complexity index is 671. The maximum Gasteiger partial charge on any atom is 0.252 e. The van der Waals surface area contributed by atoms with Gasteiger partial charge in [0.25, 0.3) is 10.0 Å². The molecule has 3 heterocycles. The quantitative estimate of drug-likeness (QED) is 0.768. The van der Waals surface area contributed by atoms with Gasteiger partial charge >= 0.3 is 0 Å². The van der Waals surface area contributed by atoms with Crippen molar-refractivity contribution < 1.29 is 18.0 Å². The van der Waals surface area contributed by atoms with Gasteiger partial charge in [-0.1, -0.05) is 0 Å². The highest BCUT2D eigenvalue weighted by Gasteiger charge is 2.51. The number of carbonyl (C=O) groups is 2. The lowest BCUT2D eigenvalue weighted by Gasteiger charge is -2.15. The molecule has 0 unspecified atom stereocenters. The van der Waals surface area contributed by atoms with Crippen LogP contribution in [0.15, 0.2) is 14.1 Å². The third-order valence-corrected chi connectivity index (χ3v) is 8.05. The highest BCUT2D eigenvalue weighted by atomic mass is 79.9. The van der Waals surface area contributed by atoms with E-state index in [1.54, 1.807) is 6.07 Å². The predicted octanol–water partition coefficient (Wildman–Crippen LogP) is 0.712. The van der Waals surface area contributed by atoms with Crippen molar-refractivity contribution in [2.45, 2.75) is 11.1 Å². The van der Waals surface area contributed by atoms with Crippen molar-refractivity contribution in [3.63, 3.8) is 0 Å². The molecule has 0 aliphatic carbocycles. The fourth-order valence-electron chi connectivity index (χ4n) is 2.49. The van der Waals surface area contributed by atoms with Crippen LogP contribution in [0.2, 0.25) is 0 Å². The van der Waals surface area contributed by atoms with Crippen molar-refractivity contribution in [3.8, 4) is 0 Å². The smallest absolute Gasteiger partial charge is 0.252 e. The van der Waals surface area contributed by atoms with Gasteiger partial charge in [0.2, 0.25) is 11.8 Å². The Kier molecular flexibility index (Phi) is 3.27. The topological polar surface area (TPSA) is 83.6 Å². The second-order valence-electron chi connectivity index (χ2n) is 4.91. The summed E-state index contributed by atoms with van der Waals surface area (Å²) in [6.07, 6.45) is 0. The van der Waals surface area contributed by atoms with E-state index in [2.05, 4.69) is 21.2 Å². The number of amides is 2. The molecular formula is C11H11BrN2O4S2. The minimum Gasteiger partial charge on any atom is -0.296 e. The molecule has 3 rings (SSSR count). The number of hydrogen-bond donors (Lipinski definition) is 1. The number of sulfonamides is 1. The fourth-order valence-corrected chi connectivity index (χ4v) is 6.36. The van der Waals surface area contributed by atoms with Gasteiger partial charge in [-0.25, -0.2) is 8.42 Å². The van der Waals surface area contributed by atoms with Crippen molar-refractivity contribution in [2.75, 3.05) is 13.1 Å². The van der Waals surface area contributed by atoms with Gasteiger partial charge in [0.15, 0.2) is 0 Å². The van der Waals surface area contributed by atoms with E-state index in [4.69, 9.17) is 0 Å². The fraction of sp³-hybridized carbons (Fsp3) is 0.455. The first kappa shape index (κ1) is 14.2. The van der Waals surface area contributed by atoms with Crippen LogP contribution in [0.1, 0.15) is 5.56 Å². The summed E-state index contributed by atoms with van der Waals surface area (Å²) in [6.45, 7) is 1.95. The maximum atomic E-state index is 12.5. The number of halogens is 1. The molecule has 2 amide bonds. The summed E-state index contributed by atoms with van der Waals surface area (Å²) in [7, 11) is -3.64. The number of nitrogens with zero attached hydrogens (tertiary/aromatic N) is 1. The molecule has 1 N–H and O–H groups in total. The van der Waals surface area contributed by atoms with Gasteiger partial charge in [-0.15, -0.1) is 11.3 Å². The van der Waals surface area contributed by atoms with Crippen molar-refractivity contribution in [2.24, 2.45) is 11.8 Å². The summed E-state index contributed by atoms with van der Waals surface area (Å²) < 4.78 is 27.3. The Morgan fingerprint density at radius 2 is 1.85 bits per heavy atom. The summed E-state index contributed by atoms with van der Waals surface area (Å²) in [5, 5.41) is 2.24. The lowest BCUT2D eigenvalue weighted by atomic mass is 10.00. The van der Waals surface area contributed by atoms with E-state index >= 15 is 0 Å². The first-order chi connectivity index (χ1) is 9.30. The molecule has 108 valence electrons. The van der Waals surface area contributed by atoms with Crippen LogP contribution in [0.4, 0.5) is 0 Å². The van der Waals surface area contributed by atoms with E-state index in [0.29, 0.717) is 0 Å². The zero-order valence-corrected chi connectivity index (χ0v) is 13.6. The molecule has 2 aliphatic rings. The van der Waals surface area contributed by atoms with Crippen LogP contribution in [0.5, 0.6) is 0 Å². The van der Waals surface area contributed by atoms with Gasteiger partial charge in [0.1, 0.15) is 4.21 Å². The molecule has 6 nitrogen and oxygen atoms in total. The van der Waals surface area contributed by atoms with E-state index in [1.807, 2.05) is 6.92 Å². The molecule has 0 aromatic carbocycles. The number of aryl methyl sites for hydroxylation is 1. The van der Waals surface area contributed by atoms with Gasteiger partial charge in [-0.3, -0.25) is 14.9 Å². The van der Waals surface area contributed by atoms with Crippen LogP contribution in [0.3, 0.4) is 0 Å². The van der Waals surface area contributed by atoms with E-state index < -0.39 is 21.9 Å². The Balaban J connectivity index is 1.91. The van der Waals surface area contributed by atoms with Crippen LogP contribution >= 0.6 is 27.3 Å². The first-order valence-electron chi connectivity index (χ1n) is 5.91. The molecule has 2 saturated heterocycles. The number of rotatable bonds is 2. The lowest BCUT2D eigenvalue weighted by molar-refractivity contribution is -0.126. The van der Waals surface area contributed by atoms with Crippen molar-refractivity contribution in [3.05, 3.63) is 15.4 Å². The van der Waals surface area contributed by atoms with Crippen molar-refractivity contribution in [1.29, 1.82) is 0 Å². The molecule has 2 aliphatic heterocycles. The van der Waals surface area contributed by atoms with Crippen LogP contribution < -0.4 is 5.32 Å². The molecular weight excluding hydrogens is 368 g/mol. The zero-order valence-electron chi connectivity index (χ0n) is 10.4. The summed E-state index contributed by atoms with van der Waals surface area (Å²) in [4.78, 5) is 23.2. The molecule has 20 heavy (non-hydrogen) atoms. The molecule has 0 bridgehead atoms. The normalized spacial score (nSPS) is 26.9. The Morgan fingerprint density at radius 3 is 2.30 bits per heavy atom. The third kappa shape index (κ3) is 2.03. The summed E-state index contributed by atoms with van der Waals surface area (Å²) in [5.74, 6) is -1.86. The molecule has 9 heteroatoms. The molecule has 2 atom stereocenters. The third-order valence-electron chi connectivity index (χ3n) is 3.64. The van der Waals surface area contributed by atoms with E-state index in [-0.39, 0.29) is 29.1 Å². The van der Waals surface area contributed by atoms with E-state index in [0.717, 1.165) is 20.7 Å². The molecule has 1 aromatic rings. The Hall–Kier alpha value is -0.770. The zero-order chi connectivity index (χ0) is 14.7. The molecule has 2 fully saturated rings. The lowest BCUT2D eigenvalue weighted by Crippen LogP contribution is -2.34. The van der Waals surface area contributed by atoms with Crippen molar-refractivity contribution >= 4 is 49.1 Å². The second-order valence-corrected chi connectivity index (χ2v) is 9.45. The summed E-state index contributed by atoms with van der Waals surface area (Å²) in [6, 6.07) is 1.60. The van der Waals surface area contributed by atoms with Gasteiger partial charge in [-0.2, -0.15) is 4.31 Å². The van der Waals surface area contributed by atoms with Gasteiger partial charge < -0.3 is 0 Å². The monoisotopic (exact) mass is 378 g/mol. The van der Waals surface area contributed by atoms with Crippen molar-refractivity contribution in [1.82, 2.24) is 9.62 Å². The van der Waals surface area contributed by atoms with E-state index in [9.17, 15) is 18.0 Å².